The largest absolute Gasteiger partial charge is 0.370 e. The number of benzene rings is 2. The van der Waals surface area contributed by atoms with Crippen LogP contribution in [0.2, 0.25) is 0 Å². The average molecular weight is 605 g/mol. The molecule has 3 amide bonds. The molecule has 4 N–H and O–H groups in total. The quantitative estimate of drug-likeness (QED) is 0.322. The first-order chi connectivity index (χ1) is 19.1. The number of carbonyl (C=O) groups is 3. The van der Waals surface area contributed by atoms with Crippen LogP contribution in [0, 0.1) is 11.3 Å². The molecule has 41 heavy (non-hydrogen) atoms. The number of fused-ring (bicyclic) bond motifs is 1. The highest BCUT2D eigenvalue weighted by Crippen LogP contribution is 2.31. The Bertz CT molecular complexity index is 1430. The highest BCUT2D eigenvalue weighted by Gasteiger charge is 2.48. The lowest BCUT2D eigenvalue weighted by Gasteiger charge is -2.41. The lowest BCUT2D eigenvalue weighted by atomic mass is 9.98. The third-order valence-corrected chi connectivity index (χ3v) is 10.1. The molecule has 222 valence electrons. The zero-order valence-corrected chi connectivity index (χ0v) is 24.5. The predicted molar refractivity (Wildman–Crippen MR) is 157 cm³/mol. The lowest BCUT2D eigenvalue weighted by Crippen LogP contribution is -2.64. The molecule has 1 saturated carbocycles. The third kappa shape index (κ3) is 6.43. The van der Waals surface area contributed by atoms with Gasteiger partial charge in [0.25, 0.3) is 15.9 Å². The Morgan fingerprint density at radius 3 is 2.44 bits per heavy atom. The van der Waals surface area contributed by atoms with Crippen LogP contribution in [0.4, 0.5) is 0 Å². The number of piperidine rings is 1. The second-order valence-electron chi connectivity index (χ2n) is 11.0. The van der Waals surface area contributed by atoms with Gasteiger partial charge < -0.3 is 20.9 Å². The van der Waals surface area contributed by atoms with E-state index in [1.165, 1.54) is 17.0 Å². The Morgan fingerprint density at radius 1 is 1.02 bits per heavy atom. The van der Waals surface area contributed by atoms with Crippen LogP contribution in [-0.4, -0.2) is 84.5 Å². The van der Waals surface area contributed by atoms with Crippen molar-refractivity contribution in [2.75, 3.05) is 26.2 Å². The van der Waals surface area contributed by atoms with E-state index in [9.17, 15) is 22.8 Å². The van der Waals surface area contributed by atoms with Gasteiger partial charge in [-0.05, 0) is 54.5 Å². The molecule has 11 nitrogen and oxygen atoms in total. The van der Waals surface area contributed by atoms with Crippen molar-refractivity contribution in [1.82, 2.24) is 19.4 Å². The molecule has 2 atom stereocenters. The highest BCUT2D eigenvalue weighted by molar-refractivity contribution is 7.89. The Kier molecular flexibility index (Phi) is 9.43. The van der Waals surface area contributed by atoms with Gasteiger partial charge >= 0.3 is 0 Å². The Morgan fingerprint density at radius 2 is 1.73 bits per heavy atom. The number of likely N-dealkylation sites (tertiary alicyclic amines) is 1. The van der Waals surface area contributed by atoms with E-state index in [0.29, 0.717) is 29.3 Å². The fraction of sp³-hybridized carbons (Fsp3) is 0.500. The summed E-state index contributed by atoms with van der Waals surface area (Å²) in [5.74, 6) is -1.66. The van der Waals surface area contributed by atoms with E-state index in [1.807, 2.05) is 12.1 Å². The van der Waals surface area contributed by atoms with Gasteiger partial charge in [0, 0.05) is 25.7 Å². The SMILES string of the molecule is Cl.N=C(N)N1CCC[C@@H](CNC(=O)C[C@H]2C(=O)N(C3CCCC3)CC(=O)N2S(=O)(=O)c2ccc3ccccc3c2)C1. The predicted octanol–water partition coefficient (Wildman–Crippen LogP) is 2.04. The summed E-state index contributed by atoms with van der Waals surface area (Å²) in [5, 5.41) is 12.0. The fourth-order valence-corrected chi connectivity index (χ4v) is 7.72. The number of hydrogen-bond acceptors (Lipinski definition) is 6. The van der Waals surface area contributed by atoms with Gasteiger partial charge in [0.1, 0.15) is 12.6 Å². The number of nitrogens with one attached hydrogen (secondary N) is 2. The molecule has 2 aromatic carbocycles. The van der Waals surface area contributed by atoms with Crippen molar-refractivity contribution in [3.05, 3.63) is 42.5 Å². The number of piperazine rings is 1. The maximum Gasteiger partial charge on any atom is 0.267 e. The van der Waals surface area contributed by atoms with Crippen LogP contribution in [-0.2, 0) is 24.4 Å². The first-order valence-corrected chi connectivity index (χ1v) is 15.3. The van der Waals surface area contributed by atoms with Crippen molar-refractivity contribution in [3.8, 4) is 0 Å². The number of nitrogens with two attached hydrogens (primary N) is 1. The molecule has 0 spiro atoms. The number of carbonyl (C=O) groups excluding carboxylic acids is 3. The lowest BCUT2D eigenvalue weighted by molar-refractivity contribution is -0.154. The van der Waals surface area contributed by atoms with Crippen molar-refractivity contribution in [2.24, 2.45) is 11.7 Å². The van der Waals surface area contributed by atoms with Crippen LogP contribution in [0.5, 0.6) is 0 Å². The minimum Gasteiger partial charge on any atom is -0.370 e. The van der Waals surface area contributed by atoms with Gasteiger partial charge in [-0.1, -0.05) is 43.2 Å². The summed E-state index contributed by atoms with van der Waals surface area (Å²) in [6.07, 6.45) is 4.61. The van der Waals surface area contributed by atoms with E-state index in [2.05, 4.69) is 5.32 Å². The van der Waals surface area contributed by atoms with Gasteiger partial charge in [0.2, 0.25) is 11.8 Å². The molecule has 0 aromatic heterocycles. The third-order valence-electron chi connectivity index (χ3n) is 8.27. The van der Waals surface area contributed by atoms with Crippen LogP contribution in [0.3, 0.4) is 0 Å². The monoisotopic (exact) mass is 604 g/mol. The minimum absolute atomic E-state index is 0. The molecule has 0 radical (unpaired) electrons. The van der Waals surface area contributed by atoms with Crippen LogP contribution in [0.25, 0.3) is 10.8 Å². The molecule has 3 aliphatic rings. The summed E-state index contributed by atoms with van der Waals surface area (Å²) < 4.78 is 28.4. The number of nitrogens with zero attached hydrogens (tertiary/aromatic N) is 3. The standard InChI is InChI=1S/C28H36N6O5S.ClH/c29-28(30)32-13-5-6-19(17-32)16-31-25(35)15-24-27(37)33(22-9-3-4-10-22)18-26(36)34(24)40(38,39)23-12-11-20-7-1-2-8-21(20)14-23;/h1-2,7-8,11-12,14,19,22,24H,3-6,9-10,13,15-18H2,(H3,29,30)(H,31,35);1H/t19-,24-;/m0./s1. The van der Waals surface area contributed by atoms with Crippen molar-refractivity contribution in [2.45, 2.75) is 61.9 Å². The van der Waals surface area contributed by atoms with Crippen LogP contribution < -0.4 is 11.1 Å². The minimum atomic E-state index is -4.42. The Balaban J connectivity index is 0.00000387. The van der Waals surface area contributed by atoms with Crippen molar-refractivity contribution in [3.63, 3.8) is 0 Å². The van der Waals surface area contributed by atoms with Gasteiger partial charge in [-0.15, -0.1) is 12.4 Å². The zero-order valence-electron chi connectivity index (χ0n) is 22.8. The smallest absolute Gasteiger partial charge is 0.267 e. The summed E-state index contributed by atoms with van der Waals surface area (Å²) in [6.45, 7) is 1.21. The van der Waals surface area contributed by atoms with E-state index >= 15 is 0 Å². The molecule has 2 aromatic rings. The van der Waals surface area contributed by atoms with Crippen molar-refractivity contribution in [1.29, 1.82) is 5.41 Å². The molecule has 0 unspecified atom stereocenters. The number of amides is 3. The number of rotatable bonds is 7. The average Bonchev–Trinajstić information content (AvgIpc) is 3.48. The summed E-state index contributed by atoms with van der Waals surface area (Å²) in [5.41, 5.74) is 5.62. The van der Waals surface area contributed by atoms with E-state index in [4.69, 9.17) is 11.1 Å². The van der Waals surface area contributed by atoms with Gasteiger partial charge in [0.05, 0.1) is 11.3 Å². The van der Waals surface area contributed by atoms with E-state index < -0.39 is 40.2 Å². The molecule has 3 fully saturated rings. The molecule has 13 heteroatoms. The maximum absolute atomic E-state index is 13.9. The second-order valence-corrected chi connectivity index (χ2v) is 12.8. The van der Waals surface area contributed by atoms with E-state index in [1.54, 1.807) is 23.1 Å². The molecule has 0 bridgehead atoms. The van der Waals surface area contributed by atoms with Crippen LogP contribution in [0.15, 0.2) is 47.4 Å². The van der Waals surface area contributed by atoms with E-state index in [0.717, 1.165) is 43.9 Å². The Labute approximate surface area is 246 Å². The molecule has 2 saturated heterocycles. The van der Waals surface area contributed by atoms with Crippen molar-refractivity contribution < 1.29 is 22.8 Å². The topological polar surface area (TPSA) is 157 Å². The molecule has 2 heterocycles. The van der Waals surface area contributed by atoms with E-state index in [-0.39, 0.29) is 41.8 Å². The molecule has 2 aliphatic heterocycles. The molecule has 5 rings (SSSR count). The fourth-order valence-electron chi connectivity index (χ4n) is 6.15. The van der Waals surface area contributed by atoms with Crippen LogP contribution in [0.1, 0.15) is 44.9 Å². The molecule has 1 aliphatic carbocycles. The second kappa shape index (κ2) is 12.6. The summed E-state index contributed by atoms with van der Waals surface area (Å²) in [6, 6.07) is 10.3. The number of hydrogen-bond donors (Lipinski definition) is 3. The van der Waals surface area contributed by atoms with Gasteiger partial charge in [-0.25, -0.2) is 12.7 Å². The van der Waals surface area contributed by atoms with Crippen LogP contribution >= 0.6 is 12.4 Å². The number of halogens is 1. The normalized spacial score (nSPS) is 22.1. The first-order valence-electron chi connectivity index (χ1n) is 13.9. The van der Waals surface area contributed by atoms with Gasteiger partial charge in [-0.3, -0.25) is 19.8 Å². The highest BCUT2D eigenvalue weighted by atomic mass is 35.5. The number of sulfonamides is 1. The zero-order chi connectivity index (χ0) is 28.4. The molecular weight excluding hydrogens is 568 g/mol. The van der Waals surface area contributed by atoms with Gasteiger partial charge in [-0.2, -0.15) is 0 Å². The van der Waals surface area contributed by atoms with Crippen molar-refractivity contribution >= 4 is 56.9 Å². The molecular formula is C28H37ClN6O5S. The summed E-state index contributed by atoms with van der Waals surface area (Å²) in [7, 11) is -4.42. The summed E-state index contributed by atoms with van der Waals surface area (Å²) >= 11 is 0. The first kappa shape index (κ1) is 30.6. The maximum atomic E-state index is 13.9. The Hall–Kier alpha value is -3.38. The number of guanidine groups is 1. The summed E-state index contributed by atoms with van der Waals surface area (Å²) in [4.78, 5) is 43.5. The van der Waals surface area contributed by atoms with Gasteiger partial charge in [0.15, 0.2) is 5.96 Å².